The largest absolute Gasteiger partial charge is 0.485 e. The van der Waals surface area contributed by atoms with Crippen molar-refractivity contribution in [2.45, 2.75) is 45.6 Å². The molecule has 0 saturated carbocycles. The Morgan fingerprint density at radius 2 is 1.88 bits per heavy atom. The zero-order valence-electron chi connectivity index (χ0n) is 19.4. The van der Waals surface area contributed by atoms with Gasteiger partial charge in [-0.2, -0.15) is 0 Å². The SMILES string of the molecule is Cc1cccc(OCc2nnc(SCC(=O)Nc3cccc(C(=O)OC(C)C)c3)n2C)c1C. The van der Waals surface area contributed by atoms with Crippen LogP contribution in [-0.2, 0) is 23.2 Å². The number of thioether (sulfide) groups is 1. The Morgan fingerprint density at radius 1 is 1.12 bits per heavy atom. The zero-order valence-corrected chi connectivity index (χ0v) is 20.2. The van der Waals surface area contributed by atoms with Gasteiger partial charge in [-0.3, -0.25) is 4.79 Å². The van der Waals surface area contributed by atoms with E-state index in [-0.39, 0.29) is 24.4 Å². The molecule has 3 aromatic rings. The molecule has 0 radical (unpaired) electrons. The third-order valence-corrected chi connectivity index (χ3v) is 5.91. The van der Waals surface area contributed by atoms with Crippen molar-refractivity contribution < 1.29 is 19.1 Å². The van der Waals surface area contributed by atoms with Crippen LogP contribution in [0.15, 0.2) is 47.6 Å². The number of hydrogen-bond acceptors (Lipinski definition) is 7. The number of aromatic nitrogens is 3. The minimum atomic E-state index is -0.426. The summed E-state index contributed by atoms with van der Waals surface area (Å²) in [6, 6.07) is 12.6. The molecular weight excluding hydrogens is 440 g/mol. The van der Waals surface area contributed by atoms with Crippen LogP contribution in [0.5, 0.6) is 5.75 Å². The van der Waals surface area contributed by atoms with Gasteiger partial charge in [-0.05, 0) is 63.1 Å². The van der Waals surface area contributed by atoms with E-state index in [0.717, 1.165) is 16.9 Å². The highest BCUT2D eigenvalue weighted by Crippen LogP contribution is 2.22. The fraction of sp³-hybridized carbons (Fsp3) is 0.333. The number of benzene rings is 2. The Labute approximate surface area is 197 Å². The number of ether oxygens (including phenoxy) is 2. The number of anilines is 1. The van der Waals surface area contributed by atoms with E-state index >= 15 is 0 Å². The summed E-state index contributed by atoms with van der Waals surface area (Å²) in [4.78, 5) is 24.5. The third-order valence-electron chi connectivity index (χ3n) is 4.89. The molecule has 0 aliphatic heterocycles. The summed E-state index contributed by atoms with van der Waals surface area (Å²) in [5.41, 5.74) is 3.16. The molecule has 1 N–H and O–H groups in total. The Kier molecular flexibility index (Phi) is 8.11. The molecule has 1 aromatic heterocycles. The first-order chi connectivity index (χ1) is 15.7. The number of aryl methyl sites for hydroxylation is 1. The summed E-state index contributed by atoms with van der Waals surface area (Å²) in [5.74, 6) is 0.974. The Balaban J connectivity index is 1.54. The molecule has 174 valence electrons. The predicted octanol–water partition coefficient (Wildman–Crippen LogP) is 4.31. The fourth-order valence-corrected chi connectivity index (χ4v) is 3.68. The van der Waals surface area contributed by atoms with Crippen molar-refractivity contribution in [2.75, 3.05) is 11.1 Å². The smallest absolute Gasteiger partial charge is 0.338 e. The summed E-state index contributed by atoms with van der Waals surface area (Å²) in [6.07, 6.45) is -0.213. The van der Waals surface area contributed by atoms with E-state index < -0.39 is 5.97 Å². The van der Waals surface area contributed by atoms with Gasteiger partial charge in [0, 0.05) is 12.7 Å². The van der Waals surface area contributed by atoms with Gasteiger partial charge in [-0.1, -0.05) is 30.0 Å². The van der Waals surface area contributed by atoms with Crippen LogP contribution in [0.2, 0.25) is 0 Å². The highest BCUT2D eigenvalue weighted by molar-refractivity contribution is 7.99. The first kappa shape index (κ1) is 24.3. The quantitative estimate of drug-likeness (QED) is 0.369. The normalized spacial score (nSPS) is 10.8. The van der Waals surface area contributed by atoms with Crippen LogP contribution in [-0.4, -0.2) is 38.5 Å². The van der Waals surface area contributed by atoms with Crippen LogP contribution < -0.4 is 10.1 Å². The van der Waals surface area contributed by atoms with Gasteiger partial charge in [0.2, 0.25) is 5.91 Å². The summed E-state index contributed by atoms with van der Waals surface area (Å²) in [6.45, 7) is 7.91. The second-order valence-corrected chi connectivity index (χ2v) is 8.76. The first-order valence-electron chi connectivity index (χ1n) is 10.6. The summed E-state index contributed by atoms with van der Waals surface area (Å²) < 4.78 is 12.9. The molecule has 0 spiro atoms. The number of amides is 1. The number of nitrogens with one attached hydrogen (secondary N) is 1. The molecule has 33 heavy (non-hydrogen) atoms. The van der Waals surface area contributed by atoms with Gasteiger partial charge in [0.05, 0.1) is 17.4 Å². The molecule has 0 atom stereocenters. The van der Waals surface area contributed by atoms with E-state index in [1.165, 1.54) is 11.8 Å². The molecule has 3 rings (SSSR count). The topological polar surface area (TPSA) is 95.3 Å². The van der Waals surface area contributed by atoms with Crippen LogP contribution in [0.25, 0.3) is 0 Å². The van der Waals surface area contributed by atoms with E-state index in [9.17, 15) is 9.59 Å². The number of rotatable bonds is 9. The van der Waals surface area contributed by atoms with Crippen LogP contribution >= 0.6 is 11.8 Å². The molecule has 0 unspecified atom stereocenters. The maximum atomic E-state index is 12.4. The average molecular weight is 469 g/mol. The molecule has 0 fully saturated rings. The minimum absolute atomic E-state index is 0.143. The van der Waals surface area contributed by atoms with Crippen LogP contribution in [0, 0.1) is 13.8 Å². The number of esters is 1. The molecule has 9 heteroatoms. The van der Waals surface area contributed by atoms with Gasteiger partial charge in [0.15, 0.2) is 11.0 Å². The molecule has 1 amide bonds. The third kappa shape index (κ3) is 6.58. The standard InChI is InChI=1S/C24H28N4O4S/c1-15(2)32-23(30)18-9-7-10-19(12-18)25-22(29)14-33-24-27-26-21(28(24)5)13-31-20-11-6-8-16(3)17(20)4/h6-12,15H,13-14H2,1-5H3,(H,25,29). The average Bonchev–Trinajstić information content (AvgIpc) is 3.12. The molecular formula is C24H28N4O4S. The van der Waals surface area contributed by atoms with Gasteiger partial charge in [-0.15, -0.1) is 10.2 Å². The van der Waals surface area contributed by atoms with Crippen molar-refractivity contribution in [1.29, 1.82) is 0 Å². The molecule has 0 bridgehead atoms. The lowest BCUT2D eigenvalue weighted by molar-refractivity contribution is -0.113. The maximum Gasteiger partial charge on any atom is 0.338 e. The Hall–Kier alpha value is -3.33. The predicted molar refractivity (Wildman–Crippen MR) is 128 cm³/mol. The second kappa shape index (κ2) is 11.0. The van der Waals surface area contributed by atoms with E-state index in [2.05, 4.69) is 15.5 Å². The lowest BCUT2D eigenvalue weighted by atomic mass is 10.1. The molecule has 2 aromatic carbocycles. The van der Waals surface area contributed by atoms with E-state index in [4.69, 9.17) is 9.47 Å². The number of nitrogens with zero attached hydrogens (tertiary/aromatic N) is 3. The van der Waals surface area contributed by atoms with Crippen LogP contribution in [0.4, 0.5) is 5.69 Å². The van der Waals surface area contributed by atoms with Crippen molar-refractivity contribution in [3.05, 3.63) is 65.0 Å². The zero-order chi connectivity index (χ0) is 24.0. The van der Waals surface area contributed by atoms with E-state index in [0.29, 0.717) is 22.2 Å². The van der Waals surface area contributed by atoms with Crippen molar-refractivity contribution in [2.24, 2.45) is 7.05 Å². The van der Waals surface area contributed by atoms with Gasteiger partial charge in [0.1, 0.15) is 12.4 Å². The molecule has 0 aliphatic carbocycles. The highest BCUT2D eigenvalue weighted by atomic mass is 32.2. The summed E-state index contributed by atoms with van der Waals surface area (Å²) in [5, 5.41) is 11.8. The summed E-state index contributed by atoms with van der Waals surface area (Å²) >= 11 is 1.27. The first-order valence-corrected chi connectivity index (χ1v) is 11.5. The lowest BCUT2D eigenvalue weighted by Gasteiger charge is -2.11. The number of carbonyl (C=O) groups is 2. The molecule has 0 saturated heterocycles. The minimum Gasteiger partial charge on any atom is -0.485 e. The lowest BCUT2D eigenvalue weighted by Crippen LogP contribution is -2.16. The van der Waals surface area contributed by atoms with Crippen molar-refractivity contribution >= 4 is 29.3 Å². The monoisotopic (exact) mass is 468 g/mol. The van der Waals surface area contributed by atoms with Crippen molar-refractivity contribution in [1.82, 2.24) is 14.8 Å². The fourth-order valence-electron chi connectivity index (χ4n) is 2.95. The van der Waals surface area contributed by atoms with Gasteiger partial charge >= 0.3 is 5.97 Å². The molecule has 1 heterocycles. The van der Waals surface area contributed by atoms with Crippen molar-refractivity contribution in [3.8, 4) is 5.75 Å². The molecule has 0 aliphatic rings. The number of carbonyl (C=O) groups excluding carboxylic acids is 2. The van der Waals surface area contributed by atoms with Crippen LogP contribution in [0.1, 0.15) is 41.2 Å². The van der Waals surface area contributed by atoms with Gasteiger partial charge in [0.25, 0.3) is 0 Å². The van der Waals surface area contributed by atoms with Gasteiger partial charge < -0.3 is 19.4 Å². The van der Waals surface area contributed by atoms with Gasteiger partial charge in [-0.25, -0.2) is 4.79 Å². The second-order valence-electron chi connectivity index (χ2n) is 7.82. The Bertz CT molecular complexity index is 1140. The van der Waals surface area contributed by atoms with E-state index in [1.807, 2.05) is 43.7 Å². The van der Waals surface area contributed by atoms with E-state index in [1.54, 1.807) is 38.1 Å². The number of hydrogen-bond donors (Lipinski definition) is 1. The Morgan fingerprint density at radius 3 is 2.64 bits per heavy atom. The van der Waals surface area contributed by atoms with Crippen molar-refractivity contribution in [3.63, 3.8) is 0 Å². The van der Waals surface area contributed by atoms with Crippen LogP contribution in [0.3, 0.4) is 0 Å². The molecule has 8 nitrogen and oxygen atoms in total. The highest BCUT2D eigenvalue weighted by Gasteiger charge is 2.14. The summed E-state index contributed by atoms with van der Waals surface area (Å²) in [7, 11) is 1.84. The maximum absolute atomic E-state index is 12.4.